The van der Waals surface area contributed by atoms with Crippen molar-refractivity contribution in [1.82, 2.24) is 36.0 Å². The maximum atomic E-state index is 15.0. The molecule has 1 fully saturated rings. The van der Waals surface area contributed by atoms with Gasteiger partial charge < -0.3 is 60.0 Å². The quantitative estimate of drug-likeness (QED) is 0.0908. The standard InChI is InChI=1S/C47H71N7O15S/c1-23(2)38(57)35(50-33(56)22-70-15)46(64)69-39(24(3)4)36-44(62)54(13)37(29(9)66-14)47(65)67-28(8)34(49-30(10)55)45(63)68-32(21-31-19-17-16-18-20-31)43(61)53(12)26(6)40(58)48-25(5)42(60)52(11)27(7)41(59)51-36/h16-20,23-25,27-29,32,34-39,57H,6,21-22H2,1-5,7-15H3,(H,48,58)(H,49,55)(H,50,56)(H,51,59)/t25-,27-,28+,29+,32+,34-,35-,36-,37-,38+,39+/m0/s1. The first-order valence-electron chi connectivity index (χ1n) is 22.6. The summed E-state index contributed by atoms with van der Waals surface area (Å²) in [6.45, 7) is 16.4. The van der Waals surface area contributed by atoms with Crippen LogP contribution in [-0.4, -0.2) is 186 Å². The number of rotatable bonds is 14. The van der Waals surface area contributed by atoms with Crippen LogP contribution in [0.25, 0.3) is 0 Å². The minimum absolute atomic E-state index is 0.0720. The predicted octanol–water partition coefficient (Wildman–Crippen LogP) is -0.306. The molecule has 0 aliphatic carbocycles. The van der Waals surface area contributed by atoms with Crippen LogP contribution < -0.4 is 21.3 Å². The predicted molar refractivity (Wildman–Crippen MR) is 256 cm³/mol. The van der Waals surface area contributed by atoms with Crippen molar-refractivity contribution in [2.75, 3.05) is 40.3 Å². The molecule has 1 aliphatic heterocycles. The number of esters is 3. The van der Waals surface area contributed by atoms with Gasteiger partial charge in [0.25, 0.3) is 11.8 Å². The molecule has 1 heterocycles. The first kappa shape index (κ1) is 60.1. The van der Waals surface area contributed by atoms with E-state index in [0.717, 1.165) is 33.4 Å². The number of likely N-dealkylation sites (N-methyl/N-ethyl adjacent to an activating group) is 3. The number of nitrogens with one attached hydrogen (secondary N) is 4. The molecule has 1 aromatic carbocycles. The molecule has 0 unspecified atom stereocenters. The molecule has 1 saturated heterocycles. The molecule has 70 heavy (non-hydrogen) atoms. The Kier molecular flexibility index (Phi) is 23.5. The number of ether oxygens (including phenoxy) is 4. The fraction of sp³-hybridized carbons (Fsp3) is 0.617. The van der Waals surface area contributed by atoms with Crippen LogP contribution in [0.2, 0.25) is 0 Å². The van der Waals surface area contributed by atoms with Gasteiger partial charge in [-0.3, -0.25) is 33.6 Å². The molecule has 0 saturated carbocycles. The van der Waals surface area contributed by atoms with Crippen LogP contribution in [0.4, 0.5) is 0 Å². The largest absolute Gasteiger partial charge is 0.458 e. The maximum Gasteiger partial charge on any atom is 0.333 e. The number of carbonyl (C=O) groups is 10. The summed E-state index contributed by atoms with van der Waals surface area (Å²) in [5.41, 5.74) is 0.0531. The zero-order chi connectivity index (χ0) is 53.5. The maximum absolute atomic E-state index is 15.0. The Bertz CT molecular complexity index is 2070. The van der Waals surface area contributed by atoms with Crippen molar-refractivity contribution < 1.29 is 72.0 Å². The van der Waals surface area contributed by atoms with Gasteiger partial charge in [0.1, 0.15) is 36.0 Å². The third kappa shape index (κ3) is 16.3. The van der Waals surface area contributed by atoms with E-state index in [2.05, 4.69) is 27.8 Å². The van der Waals surface area contributed by atoms with Gasteiger partial charge in [-0.1, -0.05) is 64.6 Å². The third-order valence-electron chi connectivity index (χ3n) is 11.7. The molecule has 7 amide bonds. The van der Waals surface area contributed by atoms with Gasteiger partial charge in [0.2, 0.25) is 29.5 Å². The Labute approximate surface area is 413 Å². The number of hydrogen-bond acceptors (Lipinski definition) is 16. The zero-order valence-electron chi connectivity index (χ0n) is 42.4. The molecule has 0 aromatic heterocycles. The molecule has 1 aromatic rings. The average molecular weight is 1010 g/mol. The highest BCUT2D eigenvalue weighted by Crippen LogP contribution is 2.22. The first-order chi connectivity index (χ1) is 32.6. The van der Waals surface area contributed by atoms with E-state index >= 15 is 4.79 Å². The van der Waals surface area contributed by atoms with Crippen molar-refractivity contribution >= 4 is 71.0 Å². The van der Waals surface area contributed by atoms with E-state index in [4.69, 9.17) is 18.9 Å². The van der Waals surface area contributed by atoms with Crippen molar-refractivity contribution in [3.63, 3.8) is 0 Å². The summed E-state index contributed by atoms with van der Waals surface area (Å²) in [6.07, 6.45) is -6.05. The molecule has 22 nitrogen and oxygen atoms in total. The molecule has 0 radical (unpaired) electrons. The highest BCUT2D eigenvalue weighted by atomic mass is 32.2. The summed E-state index contributed by atoms with van der Waals surface area (Å²) in [5.74, 6) is -11.2. The molecule has 5 N–H and O–H groups in total. The lowest BCUT2D eigenvalue weighted by Crippen LogP contribution is -2.64. The fourth-order valence-corrected chi connectivity index (χ4v) is 7.51. The fourth-order valence-electron chi connectivity index (χ4n) is 7.16. The summed E-state index contributed by atoms with van der Waals surface area (Å²) in [4.78, 5) is 141. The van der Waals surface area contributed by atoms with E-state index in [-0.39, 0.29) is 12.2 Å². The molecule has 11 atom stereocenters. The van der Waals surface area contributed by atoms with Crippen molar-refractivity contribution in [2.24, 2.45) is 11.8 Å². The van der Waals surface area contributed by atoms with Gasteiger partial charge in [-0.25, -0.2) is 14.4 Å². The normalized spacial score (nSPS) is 24.8. The van der Waals surface area contributed by atoms with Gasteiger partial charge >= 0.3 is 17.9 Å². The Morgan fingerprint density at radius 1 is 0.857 bits per heavy atom. The summed E-state index contributed by atoms with van der Waals surface area (Å²) >= 11 is 1.16. The molecule has 0 spiro atoms. The lowest BCUT2D eigenvalue weighted by Gasteiger charge is -2.38. The number of hydrogen-bond donors (Lipinski definition) is 5. The smallest absolute Gasteiger partial charge is 0.333 e. The third-order valence-corrected chi connectivity index (χ3v) is 12.3. The van der Waals surface area contributed by atoms with E-state index in [1.54, 1.807) is 64.3 Å². The highest BCUT2D eigenvalue weighted by molar-refractivity contribution is 7.99. The molecular weight excluding hydrogens is 935 g/mol. The van der Waals surface area contributed by atoms with Gasteiger partial charge in [0, 0.05) is 41.6 Å². The monoisotopic (exact) mass is 1010 g/mol. The molecule has 390 valence electrons. The van der Waals surface area contributed by atoms with Crippen LogP contribution in [0, 0.1) is 11.8 Å². The van der Waals surface area contributed by atoms with Gasteiger partial charge in [-0.2, -0.15) is 11.8 Å². The SMILES string of the molecule is C=C1C(=O)N[C@@H](C)C(=O)N(C)[C@@H](C)C(=O)N[C@@H]([C@H](OC(=O)[C@@H](NC(=O)CSC)[C@H](O)C(C)C)C(C)C)C(=O)N(C)[C@@H]([C@@H](C)OC)C(=O)O[C@H](C)[C@H](NC(C)=O)C(=O)O[C@H](Cc2ccccc2)C(=O)N1C. The Morgan fingerprint density at radius 2 is 1.46 bits per heavy atom. The lowest BCUT2D eigenvalue weighted by atomic mass is 9.95. The van der Waals surface area contributed by atoms with Crippen molar-refractivity contribution in [2.45, 2.75) is 136 Å². The number of benzene rings is 1. The van der Waals surface area contributed by atoms with Crippen LogP contribution in [0.5, 0.6) is 0 Å². The summed E-state index contributed by atoms with van der Waals surface area (Å²) in [5, 5.41) is 21.0. The van der Waals surface area contributed by atoms with E-state index in [9.17, 15) is 48.3 Å². The van der Waals surface area contributed by atoms with Crippen LogP contribution in [0.3, 0.4) is 0 Å². The molecule has 1 aliphatic rings. The zero-order valence-corrected chi connectivity index (χ0v) is 43.2. The Morgan fingerprint density at radius 3 is 1.99 bits per heavy atom. The summed E-state index contributed by atoms with van der Waals surface area (Å²) < 4.78 is 23.0. The Balaban J connectivity index is 2.90. The number of aliphatic hydroxyl groups excluding tert-OH is 1. The highest BCUT2D eigenvalue weighted by Gasteiger charge is 2.46. The number of amides is 7. The summed E-state index contributed by atoms with van der Waals surface area (Å²) in [7, 11) is 4.85. The summed E-state index contributed by atoms with van der Waals surface area (Å²) in [6, 6.07) is -1.33. The number of nitrogens with zero attached hydrogens (tertiary/aromatic N) is 3. The van der Waals surface area contributed by atoms with Crippen LogP contribution >= 0.6 is 11.8 Å². The topological polar surface area (TPSA) is 286 Å². The van der Waals surface area contributed by atoms with E-state index in [1.165, 1.54) is 55.9 Å². The number of thioether (sulfide) groups is 1. The lowest BCUT2D eigenvalue weighted by molar-refractivity contribution is -0.174. The molecular formula is C47H71N7O15S. The van der Waals surface area contributed by atoms with Gasteiger partial charge in [0.05, 0.1) is 18.0 Å². The van der Waals surface area contributed by atoms with E-state index in [0.29, 0.717) is 5.56 Å². The molecule has 0 bridgehead atoms. The number of carbonyl (C=O) groups excluding carboxylic acids is 10. The van der Waals surface area contributed by atoms with Crippen molar-refractivity contribution in [3.05, 3.63) is 48.2 Å². The van der Waals surface area contributed by atoms with Crippen LogP contribution in [-0.2, 0) is 73.3 Å². The molecule has 23 heteroatoms. The van der Waals surface area contributed by atoms with Gasteiger partial charge in [0.15, 0.2) is 24.2 Å². The number of methoxy groups -OCH3 is 1. The second-order valence-corrected chi connectivity index (χ2v) is 18.6. The second kappa shape index (κ2) is 27.4. The van der Waals surface area contributed by atoms with Gasteiger partial charge in [-0.05, 0) is 51.3 Å². The van der Waals surface area contributed by atoms with Crippen molar-refractivity contribution in [1.29, 1.82) is 0 Å². The van der Waals surface area contributed by atoms with Crippen LogP contribution in [0.1, 0.15) is 67.9 Å². The average Bonchev–Trinajstić information content (AvgIpc) is 3.30. The number of aliphatic hydroxyl groups is 1. The van der Waals surface area contributed by atoms with Crippen LogP contribution in [0.15, 0.2) is 42.6 Å². The number of cyclic esters (lactones) is 2. The van der Waals surface area contributed by atoms with Gasteiger partial charge in [-0.15, -0.1) is 0 Å². The Hall–Kier alpha value is -6.07. The minimum Gasteiger partial charge on any atom is -0.458 e. The van der Waals surface area contributed by atoms with E-state index in [1.807, 2.05) is 0 Å². The second-order valence-electron chi connectivity index (χ2n) is 17.8. The first-order valence-corrected chi connectivity index (χ1v) is 24.0. The van der Waals surface area contributed by atoms with E-state index < -0.39 is 144 Å². The minimum atomic E-state index is -1.86. The molecule has 2 rings (SSSR count). The van der Waals surface area contributed by atoms with Crippen molar-refractivity contribution in [3.8, 4) is 0 Å².